The normalized spacial score (nSPS) is 13.8. The maximum absolute atomic E-state index is 13.7. The van der Waals surface area contributed by atoms with Gasteiger partial charge in [-0.1, -0.05) is 23.2 Å². The van der Waals surface area contributed by atoms with E-state index >= 15 is 0 Å². The number of hydrogen-bond donors (Lipinski definition) is 3. The number of ether oxygens (including phenoxy) is 1. The summed E-state index contributed by atoms with van der Waals surface area (Å²) in [5.41, 5.74) is 7.16. The molecule has 1 saturated heterocycles. The van der Waals surface area contributed by atoms with Crippen LogP contribution < -0.4 is 15.8 Å². The average molecular weight is 577 g/mol. The van der Waals surface area contributed by atoms with E-state index in [-0.39, 0.29) is 47.8 Å². The maximum Gasteiger partial charge on any atom is 0.276 e. The number of anilines is 2. The summed E-state index contributed by atoms with van der Waals surface area (Å²) in [7, 11) is 0. The molecule has 0 unspecified atom stereocenters. The molecule has 0 saturated carbocycles. The van der Waals surface area contributed by atoms with Gasteiger partial charge in [0.15, 0.2) is 17.3 Å². The number of nitrogens with zero attached hydrogens (tertiary/aromatic N) is 4. The first kappa shape index (κ1) is 28.5. The number of halogens is 3. The molecule has 1 aliphatic heterocycles. The number of aromatic nitrogens is 2. The highest BCUT2D eigenvalue weighted by Gasteiger charge is 2.22. The van der Waals surface area contributed by atoms with Crippen molar-refractivity contribution >= 4 is 46.5 Å². The number of benzene rings is 2. The van der Waals surface area contributed by atoms with Crippen LogP contribution in [0.2, 0.25) is 10.0 Å². The Morgan fingerprint density at radius 3 is 2.49 bits per heavy atom. The SMILES string of the molecule is Nc1nnc(C(=O)Nc2ccc(C(=O)N3CCN(CCO)CC3)cc2)cc1OCCc1c(Cl)ccc(F)c1Cl. The van der Waals surface area contributed by atoms with Crippen LogP contribution in [0.3, 0.4) is 0 Å². The van der Waals surface area contributed by atoms with Crippen molar-refractivity contribution in [2.75, 3.05) is 57.0 Å². The second kappa shape index (κ2) is 13.0. The molecule has 0 aliphatic carbocycles. The molecule has 39 heavy (non-hydrogen) atoms. The lowest BCUT2D eigenvalue weighted by Crippen LogP contribution is -2.49. The molecule has 2 heterocycles. The molecule has 2 amide bonds. The number of hydrogen-bond acceptors (Lipinski definition) is 8. The minimum Gasteiger partial charge on any atom is -0.489 e. The Morgan fingerprint density at radius 1 is 1.08 bits per heavy atom. The molecule has 0 bridgehead atoms. The molecule has 2 aromatic carbocycles. The number of carbonyl (C=O) groups is 2. The van der Waals surface area contributed by atoms with Crippen molar-refractivity contribution in [3.63, 3.8) is 0 Å². The molecule has 4 rings (SSSR count). The van der Waals surface area contributed by atoms with Gasteiger partial charge in [-0.2, -0.15) is 0 Å². The zero-order valence-corrected chi connectivity index (χ0v) is 22.4. The van der Waals surface area contributed by atoms with Gasteiger partial charge in [-0.25, -0.2) is 4.39 Å². The van der Waals surface area contributed by atoms with Crippen LogP contribution in [0.4, 0.5) is 15.9 Å². The Kier molecular flexibility index (Phi) is 9.52. The fourth-order valence-electron chi connectivity index (χ4n) is 4.06. The molecular weight excluding hydrogens is 550 g/mol. The van der Waals surface area contributed by atoms with Crippen LogP contribution in [0, 0.1) is 5.82 Å². The molecule has 1 fully saturated rings. The summed E-state index contributed by atoms with van der Waals surface area (Å²) in [6.07, 6.45) is 0.197. The fraction of sp³-hybridized carbons (Fsp3) is 0.308. The second-order valence-corrected chi connectivity index (χ2v) is 9.57. The van der Waals surface area contributed by atoms with Gasteiger partial charge in [0, 0.05) is 61.5 Å². The predicted octanol–water partition coefficient (Wildman–Crippen LogP) is 3.13. The van der Waals surface area contributed by atoms with Gasteiger partial charge in [0.05, 0.1) is 18.2 Å². The predicted molar refractivity (Wildman–Crippen MR) is 146 cm³/mol. The van der Waals surface area contributed by atoms with Crippen molar-refractivity contribution in [1.82, 2.24) is 20.0 Å². The van der Waals surface area contributed by atoms with Crippen molar-refractivity contribution in [3.8, 4) is 5.75 Å². The third kappa shape index (κ3) is 7.12. The van der Waals surface area contributed by atoms with Crippen LogP contribution in [-0.4, -0.2) is 82.9 Å². The number of rotatable bonds is 9. The van der Waals surface area contributed by atoms with Gasteiger partial charge in [0.1, 0.15) is 5.82 Å². The van der Waals surface area contributed by atoms with E-state index in [2.05, 4.69) is 20.4 Å². The Balaban J connectivity index is 1.34. The second-order valence-electron chi connectivity index (χ2n) is 8.79. The van der Waals surface area contributed by atoms with Crippen molar-refractivity contribution in [2.24, 2.45) is 0 Å². The zero-order chi connectivity index (χ0) is 27.9. The van der Waals surface area contributed by atoms with E-state index in [4.69, 9.17) is 38.8 Å². The number of carbonyl (C=O) groups excluding carboxylic acids is 2. The van der Waals surface area contributed by atoms with E-state index in [1.54, 1.807) is 29.2 Å². The van der Waals surface area contributed by atoms with Crippen molar-refractivity contribution in [3.05, 3.63) is 75.1 Å². The third-order valence-corrected chi connectivity index (χ3v) is 7.00. The topological polar surface area (TPSA) is 134 Å². The van der Waals surface area contributed by atoms with E-state index in [0.29, 0.717) is 54.6 Å². The Bertz CT molecular complexity index is 1340. The molecule has 3 aromatic rings. The first-order chi connectivity index (χ1) is 18.8. The number of aliphatic hydroxyl groups excluding tert-OH is 1. The van der Waals surface area contributed by atoms with E-state index in [1.165, 1.54) is 18.2 Å². The van der Waals surface area contributed by atoms with E-state index < -0.39 is 11.7 Å². The van der Waals surface area contributed by atoms with E-state index in [1.807, 2.05) is 0 Å². The minimum atomic E-state index is -0.588. The average Bonchev–Trinajstić information content (AvgIpc) is 2.94. The smallest absolute Gasteiger partial charge is 0.276 e. The lowest BCUT2D eigenvalue weighted by Gasteiger charge is -2.34. The van der Waals surface area contributed by atoms with E-state index in [0.717, 1.165) is 0 Å². The molecule has 0 spiro atoms. The molecule has 0 radical (unpaired) electrons. The first-order valence-corrected chi connectivity index (χ1v) is 12.9. The monoisotopic (exact) mass is 576 g/mol. The Hall–Kier alpha value is -3.51. The minimum absolute atomic E-state index is 0.0250. The first-order valence-electron chi connectivity index (χ1n) is 12.2. The van der Waals surface area contributed by atoms with Crippen molar-refractivity contribution in [2.45, 2.75) is 6.42 Å². The van der Waals surface area contributed by atoms with Crippen LogP contribution in [0.1, 0.15) is 26.4 Å². The number of piperazine rings is 1. The standard InChI is InChI=1S/C26H27Cl2FN6O4/c27-19-5-6-20(29)23(28)18(19)7-14-39-22-15-21(32-33-24(22)30)25(37)31-17-3-1-16(2-4-17)26(38)35-10-8-34(9-11-35)12-13-36/h1-6,15,36H,7-14H2,(H2,30,33)(H,31,37). The number of aliphatic hydroxyl groups is 1. The van der Waals surface area contributed by atoms with Crippen LogP contribution in [0.25, 0.3) is 0 Å². The summed E-state index contributed by atoms with van der Waals surface area (Å²) in [6.45, 7) is 3.33. The maximum atomic E-state index is 13.7. The zero-order valence-electron chi connectivity index (χ0n) is 20.9. The third-order valence-electron chi connectivity index (χ3n) is 6.23. The van der Waals surface area contributed by atoms with Crippen molar-refractivity contribution in [1.29, 1.82) is 0 Å². The highest BCUT2D eigenvalue weighted by Crippen LogP contribution is 2.28. The summed E-state index contributed by atoms with van der Waals surface area (Å²) in [5, 5.41) is 19.6. The molecule has 4 N–H and O–H groups in total. The van der Waals surface area contributed by atoms with Gasteiger partial charge in [0.2, 0.25) is 0 Å². The number of nitrogens with one attached hydrogen (secondary N) is 1. The lowest BCUT2D eigenvalue weighted by atomic mass is 10.1. The summed E-state index contributed by atoms with van der Waals surface area (Å²) < 4.78 is 19.4. The summed E-state index contributed by atoms with van der Waals surface area (Å²) >= 11 is 12.1. The van der Waals surface area contributed by atoms with Gasteiger partial charge < -0.3 is 25.8 Å². The molecular formula is C26H27Cl2FN6O4. The molecule has 206 valence electrons. The van der Waals surface area contributed by atoms with Gasteiger partial charge in [-0.05, 0) is 42.0 Å². The highest BCUT2D eigenvalue weighted by atomic mass is 35.5. The Morgan fingerprint density at radius 2 is 1.79 bits per heavy atom. The molecule has 1 aromatic heterocycles. The number of nitrogen functional groups attached to an aromatic ring is 1. The lowest BCUT2D eigenvalue weighted by molar-refractivity contribution is 0.0615. The van der Waals surface area contributed by atoms with Crippen LogP contribution in [-0.2, 0) is 6.42 Å². The number of β-amino-alcohol motifs (C(OH)–C–C–N with tert-alkyl or cyclic N) is 1. The van der Waals surface area contributed by atoms with Crippen LogP contribution >= 0.6 is 23.2 Å². The number of nitrogens with two attached hydrogens (primary N) is 1. The molecule has 13 heteroatoms. The highest BCUT2D eigenvalue weighted by molar-refractivity contribution is 6.36. The summed E-state index contributed by atoms with van der Waals surface area (Å²) in [6, 6.07) is 10.5. The Labute approximate surface area is 234 Å². The largest absolute Gasteiger partial charge is 0.489 e. The summed E-state index contributed by atoms with van der Waals surface area (Å²) in [5.74, 6) is -1.14. The van der Waals surface area contributed by atoms with Gasteiger partial charge >= 0.3 is 0 Å². The van der Waals surface area contributed by atoms with Gasteiger partial charge in [0.25, 0.3) is 11.8 Å². The quantitative estimate of drug-likeness (QED) is 0.331. The fourth-order valence-corrected chi connectivity index (χ4v) is 4.62. The molecule has 10 nitrogen and oxygen atoms in total. The molecule has 0 atom stereocenters. The van der Waals surface area contributed by atoms with E-state index in [9.17, 15) is 14.0 Å². The van der Waals surface area contributed by atoms with Crippen molar-refractivity contribution < 1.29 is 23.8 Å². The van der Waals surface area contributed by atoms with Gasteiger partial charge in [-0.15, -0.1) is 10.2 Å². The van der Waals surface area contributed by atoms with Gasteiger partial charge in [-0.3, -0.25) is 14.5 Å². The summed E-state index contributed by atoms with van der Waals surface area (Å²) in [4.78, 5) is 29.5. The van der Waals surface area contributed by atoms with Crippen LogP contribution in [0.15, 0.2) is 42.5 Å². The number of amides is 2. The van der Waals surface area contributed by atoms with Crippen LogP contribution in [0.5, 0.6) is 5.75 Å². The molecule has 1 aliphatic rings.